The highest BCUT2D eigenvalue weighted by Gasteiger charge is 2.26. The third-order valence-corrected chi connectivity index (χ3v) is 3.83. The summed E-state index contributed by atoms with van der Waals surface area (Å²) in [4.78, 5) is 0. The van der Waals surface area contributed by atoms with E-state index in [2.05, 4.69) is 6.07 Å². The van der Waals surface area contributed by atoms with Crippen molar-refractivity contribution in [3.8, 4) is 6.07 Å². The number of hydrogen-bond acceptors (Lipinski definition) is 3. The molecule has 14 heavy (non-hydrogen) atoms. The Balaban J connectivity index is 2.58. The summed E-state index contributed by atoms with van der Waals surface area (Å²) in [6.07, 6.45) is 6.77. The molecular formula is C10H17NO2S. The van der Waals surface area contributed by atoms with E-state index in [4.69, 9.17) is 5.26 Å². The Morgan fingerprint density at radius 3 is 2.36 bits per heavy atom. The third kappa shape index (κ3) is 3.67. The van der Waals surface area contributed by atoms with Gasteiger partial charge in [0, 0.05) is 6.26 Å². The Morgan fingerprint density at radius 2 is 1.93 bits per heavy atom. The van der Waals surface area contributed by atoms with Crippen molar-refractivity contribution < 1.29 is 8.42 Å². The van der Waals surface area contributed by atoms with Crippen LogP contribution < -0.4 is 0 Å². The summed E-state index contributed by atoms with van der Waals surface area (Å²) in [5, 5.41) is 8.93. The summed E-state index contributed by atoms with van der Waals surface area (Å²) >= 11 is 0. The van der Waals surface area contributed by atoms with Gasteiger partial charge in [-0.2, -0.15) is 5.26 Å². The van der Waals surface area contributed by atoms with E-state index in [0.29, 0.717) is 5.92 Å². The van der Waals surface area contributed by atoms with E-state index in [1.807, 2.05) is 0 Å². The number of hydrogen-bond donors (Lipinski definition) is 0. The highest BCUT2D eigenvalue weighted by atomic mass is 32.2. The molecule has 0 heterocycles. The van der Waals surface area contributed by atoms with Crippen LogP contribution in [0.1, 0.15) is 32.1 Å². The molecule has 1 rings (SSSR count). The van der Waals surface area contributed by atoms with Crippen molar-refractivity contribution in [3.05, 3.63) is 0 Å². The molecule has 0 spiro atoms. The van der Waals surface area contributed by atoms with Gasteiger partial charge in [-0.05, 0) is 18.8 Å². The third-order valence-electron chi connectivity index (χ3n) is 2.87. The average molecular weight is 215 g/mol. The summed E-state index contributed by atoms with van der Waals surface area (Å²) in [5.74, 6) is 0.0579. The van der Waals surface area contributed by atoms with Gasteiger partial charge >= 0.3 is 0 Å². The molecule has 0 unspecified atom stereocenters. The van der Waals surface area contributed by atoms with E-state index >= 15 is 0 Å². The zero-order chi connectivity index (χ0) is 10.6. The van der Waals surface area contributed by atoms with Crippen LogP contribution in [0.3, 0.4) is 0 Å². The predicted octanol–water partition coefficient (Wildman–Crippen LogP) is 1.75. The van der Waals surface area contributed by atoms with Gasteiger partial charge in [0.2, 0.25) is 0 Å². The fourth-order valence-electron chi connectivity index (χ4n) is 2.14. The summed E-state index contributed by atoms with van der Waals surface area (Å²) in [7, 11) is -3.01. The van der Waals surface area contributed by atoms with E-state index in [0.717, 1.165) is 25.7 Å². The smallest absolute Gasteiger partial charge is 0.148 e. The van der Waals surface area contributed by atoms with Gasteiger partial charge in [0.05, 0.1) is 17.7 Å². The second-order valence-corrected chi connectivity index (χ2v) is 6.41. The zero-order valence-corrected chi connectivity index (χ0v) is 9.39. The second-order valence-electron chi connectivity index (χ2n) is 4.23. The molecule has 0 N–H and O–H groups in total. The van der Waals surface area contributed by atoms with E-state index in [-0.39, 0.29) is 11.7 Å². The highest BCUT2D eigenvalue weighted by Crippen LogP contribution is 2.30. The predicted molar refractivity (Wildman–Crippen MR) is 55.4 cm³/mol. The molecule has 0 saturated heterocycles. The molecule has 80 valence electrons. The van der Waals surface area contributed by atoms with Crippen molar-refractivity contribution in [2.45, 2.75) is 32.1 Å². The van der Waals surface area contributed by atoms with E-state index in [1.54, 1.807) is 0 Å². The summed E-state index contributed by atoms with van der Waals surface area (Å²) < 4.78 is 22.2. The van der Waals surface area contributed by atoms with Crippen molar-refractivity contribution in [2.24, 2.45) is 11.8 Å². The molecule has 0 bridgehead atoms. The molecule has 0 radical (unpaired) electrons. The summed E-state index contributed by atoms with van der Waals surface area (Å²) in [5.41, 5.74) is 0. The van der Waals surface area contributed by atoms with Crippen LogP contribution in [0.4, 0.5) is 0 Å². The molecule has 1 fully saturated rings. The molecular weight excluding hydrogens is 198 g/mol. The lowest BCUT2D eigenvalue weighted by Gasteiger charge is -2.25. The molecule has 0 amide bonds. The van der Waals surface area contributed by atoms with Crippen molar-refractivity contribution in [1.82, 2.24) is 0 Å². The van der Waals surface area contributed by atoms with E-state index in [9.17, 15) is 8.42 Å². The minimum absolute atomic E-state index is 0.0359. The highest BCUT2D eigenvalue weighted by molar-refractivity contribution is 7.90. The van der Waals surface area contributed by atoms with Gasteiger partial charge in [-0.25, -0.2) is 8.42 Å². The minimum Gasteiger partial charge on any atom is -0.229 e. The maximum absolute atomic E-state index is 11.1. The maximum atomic E-state index is 11.1. The number of sulfone groups is 1. The Kier molecular flexibility index (Phi) is 3.94. The molecule has 1 atom stereocenters. The SMILES string of the molecule is CS(=O)(=O)C[C@@H](C#N)C1CCCCC1. The summed E-state index contributed by atoms with van der Waals surface area (Å²) in [6, 6.07) is 2.15. The van der Waals surface area contributed by atoms with Gasteiger partial charge in [0.15, 0.2) is 0 Å². The first-order valence-corrected chi connectivity index (χ1v) is 7.16. The van der Waals surface area contributed by atoms with Crippen molar-refractivity contribution >= 4 is 9.84 Å². The van der Waals surface area contributed by atoms with Crippen LogP contribution in [-0.4, -0.2) is 20.4 Å². The van der Waals surface area contributed by atoms with Crippen molar-refractivity contribution in [1.29, 1.82) is 5.26 Å². The zero-order valence-electron chi connectivity index (χ0n) is 8.57. The lowest BCUT2D eigenvalue weighted by atomic mass is 9.81. The van der Waals surface area contributed by atoms with E-state index < -0.39 is 9.84 Å². The Labute approximate surface area is 86.0 Å². The Bertz CT molecular complexity index is 310. The first kappa shape index (κ1) is 11.5. The van der Waals surface area contributed by atoms with Crippen molar-refractivity contribution in [3.63, 3.8) is 0 Å². The van der Waals surface area contributed by atoms with Gasteiger partial charge in [-0.1, -0.05) is 19.3 Å². The molecule has 1 aliphatic carbocycles. The second kappa shape index (κ2) is 4.79. The van der Waals surface area contributed by atoms with Crippen LogP contribution >= 0.6 is 0 Å². The number of rotatable bonds is 3. The quantitative estimate of drug-likeness (QED) is 0.720. The normalized spacial score (nSPS) is 21.4. The fourth-order valence-corrected chi connectivity index (χ4v) is 3.14. The first-order chi connectivity index (χ1) is 6.53. The average Bonchev–Trinajstić information content (AvgIpc) is 2.14. The van der Waals surface area contributed by atoms with Crippen LogP contribution in [0.5, 0.6) is 0 Å². The molecule has 0 aromatic heterocycles. The Morgan fingerprint density at radius 1 is 1.36 bits per heavy atom. The topological polar surface area (TPSA) is 57.9 Å². The molecule has 1 saturated carbocycles. The van der Waals surface area contributed by atoms with Gasteiger partial charge in [-0.3, -0.25) is 0 Å². The lowest BCUT2D eigenvalue weighted by Crippen LogP contribution is -2.23. The lowest BCUT2D eigenvalue weighted by molar-refractivity contribution is 0.305. The number of nitriles is 1. The Hall–Kier alpha value is -0.560. The maximum Gasteiger partial charge on any atom is 0.148 e. The molecule has 4 heteroatoms. The van der Waals surface area contributed by atoms with Crippen LogP contribution in [-0.2, 0) is 9.84 Å². The monoisotopic (exact) mass is 215 g/mol. The van der Waals surface area contributed by atoms with Gasteiger partial charge in [0.25, 0.3) is 0 Å². The molecule has 0 aromatic carbocycles. The molecule has 0 aromatic rings. The van der Waals surface area contributed by atoms with Crippen molar-refractivity contribution in [2.75, 3.05) is 12.0 Å². The minimum atomic E-state index is -3.01. The molecule has 0 aliphatic heterocycles. The largest absolute Gasteiger partial charge is 0.229 e. The van der Waals surface area contributed by atoms with Crippen LogP contribution in [0.2, 0.25) is 0 Å². The van der Waals surface area contributed by atoms with Gasteiger partial charge in [-0.15, -0.1) is 0 Å². The van der Waals surface area contributed by atoms with Crippen LogP contribution in [0.15, 0.2) is 0 Å². The molecule has 3 nitrogen and oxygen atoms in total. The first-order valence-electron chi connectivity index (χ1n) is 5.10. The van der Waals surface area contributed by atoms with Gasteiger partial charge in [0.1, 0.15) is 9.84 Å². The van der Waals surface area contributed by atoms with Crippen LogP contribution in [0.25, 0.3) is 0 Å². The summed E-state index contributed by atoms with van der Waals surface area (Å²) in [6.45, 7) is 0. The van der Waals surface area contributed by atoms with Crippen LogP contribution in [0, 0.1) is 23.2 Å². The number of nitrogens with zero attached hydrogens (tertiary/aromatic N) is 1. The van der Waals surface area contributed by atoms with E-state index in [1.165, 1.54) is 12.7 Å². The molecule has 1 aliphatic rings. The standard InChI is InChI=1S/C10H17NO2S/c1-14(12,13)8-10(7-11)9-5-3-2-4-6-9/h9-10H,2-6,8H2,1H3/t10-/m1/s1. The fraction of sp³-hybridized carbons (Fsp3) is 0.900. The van der Waals surface area contributed by atoms with Gasteiger partial charge < -0.3 is 0 Å².